The SMILES string of the molecule is CNC(c1cc(C)cc(C)c1)C1CCC(F)(F)CC1. The Morgan fingerprint density at radius 3 is 2.11 bits per heavy atom. The Bertz CT molecular complexity index is 412. The van der Waals surface area contributed by atoms with Crippen molar-refractivity contribution >= 4 is 0 Å². The predicted octanol–water partition coefficient (Wildman–Crippen LogP) is 4.39. The van der Waals surface area contributed by atoms with Crippen LogP contribution in [-0.2, 0) is 0 Å². The largest absolute Gasteiger partial charge is 0.313 e. The first-order valence-corrected chi connectivity index (χ1v) is 7.04. The number of aryl methyl sites for hydroxylation is 2. The van der Waals surface area contributed by atoms with Crippen LogP contribution in [-0.4, -0.2) is 13.0 Å². The monoisotopic (exact) mass is 267 g/mol. The van der Waals surface area contributed by atoms with E-state index in [1.54, 1.807) is 0 Å². The minimum Gasteiger partial charge on any atom is -0.313 e. The molecule has 1 aromatic carbocycles. The highest BCUT2D eigenvalue weighted by Crippen LogP contribution is 2.41. The molecule has 1 aliphatic rings. The quantitative estimate of drug-likeness (QED) is 0.856. The normalized spacial score (nSPS) is 21.3. The Morgan fingerprint density at radius 1 is 1.11 bits per heavy atom. The molecule has 1 unspecified atom stereocenters. The van der Waals surface area contributed by atoms with Gasteiger partial charge in [0.15, 0.2) is 0 Å². The molecule has 1 nitrogen and oxygen atoms in total. The Kier molecular flexibility index (Phi) is 4.24. The van der Waals surface area contributed by atoms with Gasteiger partial charge in [0.05, 0.1) is 0 Å². The Hall–Kier alpha value is -0.960. The van der Waals surface area contributed by atoms with E-state index in [-0.39, 0.29) is 18.9 Å². The van der Waals surface area contributed by atoms with Gasteiger partial charge < -0.3 is 5.32 Å². The van der Waals surface area contributed by atoms with Crippen LogP contribution >= 0.6 is 0 Å². The van der Waals surface area contributed by atoms with Gasteiger partial charge in [-0.1, -0.05) is 29.3 Å². The number of nitrogens with one attached hydrogen (secondary N) is 1. The van der Waals surface area contributed by atoms with Gasteiger partial charge in [-0.3, -0.25) is 0 Å². The molecule has 0 aromatic heterocycles. The summed E-state index contributed by atoms with van der Waals surface area (Å²) in [5.41, 5.74) is 3.70. The molecule has 0 saturated heterocycles. The van der Waals surface area contributed by atoms with Crippen molar-refractivity contribution in [1.82, 2.24) is 5.32 Å². The smallest absolute Gasteiger partial charge is 0.248 e. The summed E-state index contributed by atoms with van der Waals surface area (Å²) in [7, 11) is 1.93. The molecule has 0 spiro atoms. The summed E-state index contributed by atoms with van der Waals surface area (Å²) in [6.45, 7) is 4.16. The summed E-state index contributed by atoms with van der Waals surface area (Å²) in [5.74, 6) is -2.14. The molecule has 0 amide bonds. The van der Waals surface area contributed by atoms with Gasteiger partial charge >= 0.3 is 0 Å². The second kappa shape index (κ2) is 5.58. The Balaban J connectivity index is 2.16. The van der Waals surface area contributed by atoms with E-state index < -0.39 is 5.92 Å². The Morgan fingerprint density at radius 2 is 1.63 bits per heavy atom. The van der Waals surface area contributed by atoms with Crippen LogP contribution in [0.5, 0.6) is 0 Å². The highest BCUT2D eigenvalue weighted by molar-refractivity contribution is 5.31. The third kappa shape index (κ3) is 3.53. The van der Waals surface area contributed by atoms with E-state index in [4.69, 9.17) is 0 Å². The molecule has 0 heterocycles. The van der Waals surface area contributed by atoms with Crippen LogP contribution in [0.25, 0.3) is 0 Å². The zero-order chi connectivity index (χ0) is 14.0. The van der Waals surface area contributed by atoms with Crippen molar-refractivity contribution < 1.29 is 8.78 Å². The molecule has 1 N–H and O–H groups in total. The van der Waals surface area contributed by atoms with Crippen LogP contribution in [0.1, 0.15) is 48.4 Å². The minimum absolute atomic E-state index is 0.0284. The van der Waals surface area contributed by atoms with Gasteiger partial charge in [0.2, 0.25) is 5.92 Å². The van der Waals surface area contributed by atoms with Gasteiger partial charge in [0.1, 0.15) is 0 Å². The van der Waals surface area contributed by atoms with Crippen LogP contribution in [0.3, 0.4) is 0 Å². The van der Waals surface area contributed by atoms with Crippen LogP contribution < -0.4 is 5.32 Å². The molecule has 19 heavy (non-hydrogen) atoms. The van der Waals surface area contributed by atoms with Crippen molar-refractivity contribution in [3.63, 3.8) is 0 Å². The summed E-state index contributed by atoms with van der Waals surface area (Å²) >= 11 is 0. The van der Waals surface area contributed by atoms with Crippen molar-refractivity contribution in [2.45, 2.75) is 51.5 Å². The lowest BCUT2D eigenvalue weighted by Gasteiger charge is -2.34. The van der Waals surface area contributed by atoms with E-state index in [9.17, 15) is 8.78 Å². The van der Waals surface area contributed by atoms with E-state index in [0.29, 0.717) is 18.8 Å². The maximum absolute atomic E-state index is 13.3. The number of hydrogen-bond donors (Lipinski definition) is 1. The van der Waals surface area contributed by atoms with Crippen molar-refractivity contribution in [1.29, 1.82) is 0 Å². The molecule has 0 radical (unpaired) electrons. The number of hydrogen-bond acceptors (Lipinski definition) is 1. The van der Waals surface area contributed by atoms with Gasteiger partial charge in [-0.15, -0.1) is 0 Å². The zero-order valence-electron chi connectivity index (χ0n) is 12.0. The highest BCUT2D eigenvalue weighted by Gasteiger charge is 2.37. The fourth-order valence-corrected chi connectivity index (χ4v) is 3.26. The number of alkyl halides is 2. The van der Waals surface area contributed by atoms with Crippen molar-refractivity contribution in [2.24, 2.45) is 5.92 Å². The number of halogens is 2. The van der Waals surface area contributed by atoms with Crippen LogP contribution in [0.4, 0.5) is 8.78 Å². The van der Waals surface area contributed by atoms with Gasteiger partial charge in [-0.05, 0) is 45.2 Å². The van der Waals surface area contributed by atoms with Crippen LogP contribution in [0, 0.1) is 19.8 Å². The lowest BCUT2D eigenvalue weighted by molar-refractivity contribution is -0.0495. The molecule has 0 bridgehead atoms. The van der Waals surface area contributed by atoms with Crippen molar-refractivity contribution in [3.8, 4) is 0 Å². The second-order valence-corrected chi connectivity index (χ2v) is 5.88. The topological polar surface area (TPSA) is 12.0 Å². The minimum atomic E-state index is -2.45. The van der Waals surface area contributed by atoms with E-state index in [1.807, 2.05) is 7.05 Å². The number of rotatable bonds is 3. The lowest BCUT2D eigenvalue weighted by atomic mass is 9.79. The van der Waals surface area contributed by atoms with E-state index in [1.165, 1.54) is 16.7 Å². The fourth-order valence-electron chi connectivity index (χ4n) is 3.26. The van der Waals surface area contributed by atoms with Crippen LogP contribution in [0.15, 0.2) is 18.2 Å². The molecule has 1 fully saturated rings. The molecule has 0 aliphatic heterocycles. The standard InChI is InChI=1S/C16H23F2N/c1-11-8-12(2)10-14(9-11)15(19-3)13-4-6-16(17,18)7-5-13/h8-10,13,15,19H,4-7H2,1-3H3. The summed E-state index contributed by atoms with van der Waals surface area (Å²) in [5, 5.41) is 3.32. The molecule has 1 saturated carbocycles. The highest BCUT2D eigenvalue weighted by atomic mass is 19.3. The van der Waals surface area contributed by atoms with E-state index in [0.717, 1.165) is 0 Å². The first-order valence-electron chi connectivity index (χ1n) is 7.04. The molecule has 106 valence electrons. The van der Waals surface area contributed by atoms with E-state index in [2.05, 4.69) is 37.4 Å². The van der Waals surface area contributed by atoms with Crippen molar-refractivity contribution in [2.75, 3.05) is 7.05 Å². The Labute approximate surface area is 114 Å². The molecule has 1 aliphatic carbocycles. The summed E-state index contributed by atoms with van der Waals surface area (Å²) in [6.07, 6.45) is 1.26. The molecule has 3 heteroatoms. The molecule has 1 atom stereocenters. The van der Waals surface area contributed by atoms with Crippen molar-refractivity contribution in [3.05, 3.63) is 34.9 Å². The van der Waals surface area contributed by atoms with Crippen LogP contribution in [0.2, 0.25) is 0 Å². The molecule has 1 aromatic rings. The van der Waals surface area contributed by atoms with E-state index >= 15 is 0 Å². The number of benzene rings is 1. The first-order chi connectivity index (χ1) is 8.91. The summed E-state index contributed by atoms with van der Waals surface area (Å²) < 4.78 is 26.5. The lowest BCUT2D eigenvalue weighted by Crippen LogP contribution is -2.32. The summed E-state index contributed by atoms with van der Waals surface area (Å²) in [4.78, 5) is 0. The predicted molar refractivity (Wildman–Crippen MR) is 74.6 cm³/mol. The van der Waals surface area contributed by atoms with Gasteiger partial charge in [0, 0.05) is 18.9 Å². The van der Waals surface area contributed by atoms with Gasteiger partial charge in [-0.25, -0.2) is 8.78 Å². The maximum Gasteiger partial charge on any atom is 0.248 e. The molecule has 2 rings (SSSR count). The first kappa shape index (κ1) is 14.4. The average Bonchev–Trinajstić information content (AvgIpc) is 2.31. The molecular weight excluding hydrogens is 244 g/mol. The third-order valence-corrected chi connectivity index (χ3v) is 4.15. The second-order valence-electron chi connectivity index (χ2n) is 5.88. The third-order valence-electron chi connectivity index (χ3n) is 4.15. The average molecular weight is 267 g/mol. The fraction of sp³-hybridized carbons (Fsp3) is 0.625. The van der Waals surface area contributed by atoms with Gasteiger partial charge in [-0.2, -0.15) is 0 Å². The maximum atomic E-state index is 13.3. The molecular formula is C16H23F2N. The zero-order valence-corrected chi connectivity index (χ0v) is 12.0. The van der Waals surface area contributed by atoms with Gasteiger partial charge in [0.25, 0.3) is 0 Å². The summed E-state index contributed by atoms with van der Waals surface area (Å²) in [6, 6.07) is 6.67.